The molecule has 1 amide bonds. The Hall–Kier alpha value is -3.59. The Bertz CT molecular complexity index is 1310. The molecule has 1 N–H and O–H groups in total. The van der Waals surface area contributed by atoms with Gasteiger partial charge in [0.15, 0.2) is 11.5 Å². The Labute approximate surface area is 198 Å². The number of carbonyl (C=O) groups is 1. The lowest BCUT2D eigenvalue weighted by molar-refractivity contribution is -0.115. The van der Waals surface area contributed by atoms with Gasteiger partial charge in [-0.25, -0.2) is 12.8 Å². The van der Waals surface area contributed by atoms with Crippen molar-refractivity contribution in [1.82, 2.24) is 0 Å². The number of amides is 1. The van der Waals surface area contributed by atoms with E-state index in [2.05, 4.69) is 5.32 Å². The zero-order valence-corrected chi connectivity index (χ0v) is 19.7. The minimum atomic E-state index is -3.82. The smallest absolute Gasteiger partial charge is 0.264 e. The number of nitrogens with one attached hydrogen (secondary N) is 1. The van der Waals surface area contributed by atoms with Crippen LogP contribution >= 0.6 is 0 Å². The van der Waals surface area contributed by atoms with Gasteiger partial charge in [0.2, 0.25) is 5.91 Å². The summed E-state index contributed by atoms with van der Waals surface area (Å²) >= 11 is 0. The highest BCUT2D eigenvalue weighted by Crippen LogP contribution is 2.34. The van der Waals surface area contributed by atoms with E-state index in [9.17, 15) is 17.6 Å². The normalized spacial score (nSPS) is 13.2. The molecule has 0 spiro atoms. The molecule has 0 radical (unpaired) electrons. The zero-order chi connectivity index (χ0) is 24.3. The number of sulfonamides is 1. The maximum atomic E-state index is 13.3. The average molecular weight is 485 g/mol. The fraction of sp³-hybridized carbons (Fsp3) is 0.240. The van der Waals surface area contributed by atoms with Gasteiger partial charge in [-0.05, 0) is 78.6 Å². The van der Waals surface area contributed by atoms with Crippen LogP contribution in [0.4, 0.5) is 15.8 Å². The van der Waals surface area contributed by atoms with Crippen LogP contribution in [0.5, 0.6) is 11.5 Å². The van der Waals surface area contributed by atoms with E-state index in [4.69, 9.17) is 9.47 Å². The number of benzene rings is 3. The molecule has 178 valence electrons. The maximum absolute atomic E-state index is 13.3. The second kappa shape index (κ2) is 9.72. The van der Waals surface area contributed by atoms with E-state index in [0.29, 0.717) is 42.3 Å². The van der Waals surface area contributed by atoms with Crippen molar-refractivity contribution < 1.29 is 27.1 Å². The number of anilines is 2. The molecule has 0 saturated heterocycles. The van der Waals surface area contributed by atoms with E-state index in [0.717, 1.165) is 23.3 Å². The van der Waals surface area contributed by atoms with Crippen LogP contribution in [0.3, 0.4) is 0 Å². The maximum Gasteiger partial charge on any atom is 0.264 e. The van der Waals surface area contributed by atoms with Gasteiger partial charge in [-0.3, -0.25) is 9.10 Å². The van der Waals surface area contributed by atoms with Gasteiger partial charge in [-0.1, -0.05) is 6.07 Å². The van der Waals surface area contributed by atoms with Crippen molar-refractivity contribution in [3.05, 3.63) is 77.6 Å². The number of rotatable bonds is 7. The predicted octanol–water partition coefficient (Wildman–Crippen LogP) is 4.17. The minimum absolute atomic E-state index is 0.0362. The van der Waals surface area contributed by atoms with Crippen LogP contribution in [0, 0.1) is 5.82 Å². The zero-order valence-electron chi connectivity index (χ0n) is 18.9. The molecule has 3 aromatic carbocycles. The Morgan fingerprint density at radius 1 is 1.00 bits per heavy atom. The third-order valence-electron chi connectivity index (χ3n) is 5.65. The predicted molar refractivity (Wildman–Crippen MR) is 128 cm³/mol. The number of fused-ring (bicyclic) bond motifs is 1. The lowest BCUT2D eigenvalue weighted by Crippen LogP contribution is -2.35. The Balaban J connectivity index is 1.51. The molecule has 34 heavy (non-hydrogen) atoms. The summed E-state index contributed by atoms with van der Waals surface area (Å²) in [6, 6.07) is 15.3. The first kappa shape index (κ1) is 23.6. The summed E-state index contributed by atoms with van der Waals surface area (Å²) in [4.78, 5) is 12.7. The standard InChI is InChI=1S/C25H25FN2O5S/c1-32-23-12-5-17(14-24(23)33-2)15-25(29)27-20-8-11-22-18(16-20)4-3-13-28(22)34(30,31)21-9-6-19(26)7-10-21/h5-12,14,16H,3-4,13,15H2,1-2H3,(H,27,29). The van der Waals surface area contributed by atoms with Gasteiger partial charge in [0.1, 0.15) is 5.82 Å². The van der Waals surface area contributed by atoms with Gasteiger partial charge in [0.05, 0.1) is 31.2 Å². The molecule has 0 aromatic heterocycles. The number of halogens is 1. The molecular weight excluding hydrogens is 459 g/mol. The Morgan fingerprint density at radius 2 is 1.74 bits per heavy atom. The molecule has 1 heterocycles. The fourth-order valence-corrected chi connectivity index (χ4v) is 5.55. The van der Waals surface area contributed by atoms with E-state index < -0.39 is 15.8 Å². The minimum Gasteiger partial charge on any atom is -0.493 e. The third-order valence-corrected chi connectivity index (χ3v) is 7.48. The van der Waals surface area contributed by atoms with Gasteiger partial charge in [0, 0.05) is 12.2 Å². The lowest BCUT2D eigenvalue weighted by Gasteiger charge is -2.31. The fourth-order valence-electron chi connectivity index (χ4n) is 4.01. The molecular formula is C25H25FN2O5S. The van der Waals surface area contributed by atoms with Gasteiger partial charge < -0.3 is 14.8 Å². The molecule has 1 aliphatic rings. The van der Waals surface area contributed by atoms with E-state index in [1.165, 1.54) is 23.5 Å². The summed E-state index contributed by atoms with van der Waals surface area (Å²) in [6.45, 7) is 0.331. The average Bonchev–Trinajstić information content (AvgIpc) is 2.83. The van der Waals surface area contributed by atoms with Crippen molar-refractivity contribution >= 4 is 27.3 Å². The molecule has 0 atom stereocenters. The highest BCUT2D eigenvalue weighted by Gasteiger charge is 2.29. The Kier molecular flexibility index (Phi) is 6.74. The summed E-state index contributed by atoms with van der Waals surface area (Å²) in [5.74, 6) is 0.427. The van der Waals surface area contributed by atoms with Crippen LogP contribution in [0.2, 0.25) is 0 Å². The SMILES string of the molecule is COc1ccc(CC(=O)Nc2ccc3c(c2)CCCN3S(=O)(=O)c2ccc(F)cc2)cc1OC. The summed E-state index contributed by atoms with van der Waals surface area (Å²) in [5, 5.41) is 2.88. The summed E-state index contributed by atoms with van der Waals surface area (Å²) in [7, 11) is -0.740. The molecule has 0 bridgehead atoms. The van der Waals surface area contributed by atoms with Crippen molar-refractivity contribution in [1.29, 1.82) is 0 Å². The van der Waals surface area contributed by atoms with Crippen molar-refractivity contribution in [2.75, 3.05) is 30.4 Å². The van der Waals surface area contributed by atoms with Gasteiger partial charge >= 0.3 is 0 Å². The summed E-state index contributed by atoms with van der Waals surface area (Å²) in [5.41, 5.74) is 2.74. The first-order chi connectivity index (χ1) is 16.3. The number of nitrogens with zero attached hydrogens (tertiary/aromatic N) is 1. The number of ether oxygens (including phenoxy) is 2. The number of hydrogen-bond acceptors (Lipinski definition) is 5. The van der Waals surface area contributed by atoms with Crippen molar-refractivity contribution in [3.63, 3.8) is 0 Å². The van der Waals surface area contributed by atoms with Crippen LogP contribution in [-0.4, -0.2) is 35.1 Å². The third kappa shape index (κ3) is 4.84. The second-order valence-electron chi connectivity index (χ2n) is 7.89. The number of aryl methyl sites for hydroxylation is 1. The number of methoxy groups -OCH3 is 2. The van der Waals surface area contributed by atoms with Crippen LogP contribution < -0.4 is 19.1 Å². The van der Waals surface area contributed by atoms with Crippen molar-refractivity contribution in [2.24, 2.45) is 0 Å². The number of hydrogen-bond donors (Lipinski definition) is 1. The van der Waals surface area contributed by atoms with Crippen LogP contribution in [0.25, 0.3) is 0 Å². The monoisotopic (exact) mass is 484 g/mol. The Morgan fingerprint density at radius 3 is 2.44 bits per heavy atom. The largest absolute Gasteiger partial charge is 0.493 e. The first-order valence-corrected chi connectivity index (χ1v) is 12.2. The quantitative estimate of drug-likeness (QED) is 0.544. The highest BCUT2D eigenvalue weighted by atomic mass is 32.2. The molecule has 4 rings (SSSR count). The lowest BCUT2D eigenvalue weighted by atomic mass is 10.0. The van der Waals surface area contributed by atoms with Crippen LogP contribution in [0.15, 0.2) is 65.6 Å². The highest BCUT2D eigenvalue weighted by molar-refractivity contribution is 7.92. The van der Waals surface area contributed by atoms with E-state index in [1.807, 2.05) is 0 Å². The molecule has 0 fully saturated rings. The number of carbonyl (C=O) groups excluding carboxylic acids is 1. The molecule has 0 aliphatic carbocycles. The molecule has 1 aliphatic heterocycles. The molecule has 0 unspecified atom stereocenters. The van der Waals surface area contributed by atoms with E-state index in [1.54, 1.807) is 43.5 Å². The van der Waals surface area contributed by atoms with Crippen LogP contribution in [0.1, 0.15) is 17.5 Å². The van der Waals surface area contributed by atoms with Crippen molar-refractivity contribution in [2.45, 2.75) is 24.2 Å². The first-order valence-electron chi connectivity index (χ1n) is 10.7. The van der Waals surface area contributed by atoms with E-state index >= 15 is 0 Å². The second-order valence-corrected chi connectivity index (χ2v) is 9.75. The van der Waals surface area contributed by atoms with Crippen molar-refractivity contribution in [3.8, 4) is 11.5 Å². The van der Waals surface area contributed by atoms with E-state index in [-0.39, 0.29) is 17.2 Å². The molecule has 0 saturated carbocycles. The molecule has 9 heteroatoms. The topological polar surface area (TPSA) is 84.9 Å². The van der Waals surface area contributed by atoms with Crippen LogP contribution in [-0.2, 0) is 27.7 Å². The summed E-state index contributed by atoms with van der Waals surface area (Å²) < 4.78 is 51.4. The van der Waals surface area contributed by atoms with Gasteiger partial charge in [-0.2, -0.15) is 0 Å². The summed E-state index contributed by atoms with van der Waals surface area (Å²) in [6.07, 6.45) is 1.46. The molecule has 7 nitrogen and oxygen atoms in total. The van der Waals surface area contributed by atoms with Gasteiger partial charge in [0.25, 0.3) is 10.0 Å². The molecule has 3 aromatic rings. The van der Waals surface area contributed by atoms with Gasteiger partial charge in [-0.15, -0.1) is 0 Å².